The standard InChI is InChI=1S/C17H22N2S/c1-3-18-13(2)16-8-6-10-19(16)12-15-11-14-7-4-5-9-17(14)20-15/h4-10,13,15,18H,3,11-12H2,1-2H3. The van der Waals surface area contributed by atoms with Crippen molar-refractivity contribution in [3.05, 3.63) is 53.9 Å². The molecule has 1 aromatic carbocycles. The summed E-state index contributed by atoms with van der Waals surface area (Å²) in [7, 11) is 0. The second-order valence-corrected chi connectivity index (χ2v) is 6.76. The first-order valence-corrected chi connectivity index (χ1v) is 8.29. The first-order valence-electron chi connectivity index (χ1n) is 7.41. The van der Waals surface area contributed by atoms with Gasteiger partial charge in [0.1, 0.15) is 0 Å². The molecular weight excluding hydrogens is 264 g/mol. The number of hydrogen-bond donors (Lipinski definition) is 1. The SMILES string of the molecule is CCNC(C)c1cccn1CC1Cc2ccccc2S1. The largest absolute Gasteiger partial charge is 0.349 e. The number of benzene rings is 1. The van der Waals surface area contributed by atoms with E-state index in [9.17, 15) is 0 Å². The molecule has 0 spiro atoms. The molecule has 0 amide bonds. The summed E-state index contributed by atoms with van der Waals surface area (Å²) in [6, 6.07) is 13.6. The number of hydrogen-bond acceptors (Lipinski definition) is 2. The van der Waals surface area contributed by atoms with E-state index in [2.05, 4.69) is 66.3 Å². The number of nitrogens with one attached hydrogen (secondary N) is 1. The van der Waals surface area contributed by atoms with Gasteiger partial charge in [-0.05, 0) is 43.7 Å². The molecule has 2 nitrogen and oxygen atoms in total. The fourth-order valence-corrected chi connectivity index (χ4v) is 4.29. The molecule has 0 aliphatic carbocycles. The molecular formula is C17H22N2S. The number of nitrogens with zero attached hydrogens (tertiary/aromatic N) is 1. The average Bonchev–Trinajstić information content (AvgIpc) is 3.05. The molecule has 20 heavy (non-hydrogen) atoms. The molecule has 2 aromatic rings. The molecule has 3 heteroatoms. The van der Waals surface area contributed by atoms with Crippen molar-refractivity contribution in [3.8, 4) is 0 Å². The van der Waals surface area contributed by atoms with Crippen molar-refractivity contribution in [3.63, 3.8) is 0 Å². The lowest BCUT2D eigenvalue weighted by molar-refractivity contribution is 0.534. The molecule has 0 saturated heterocycles. The number of rotatable bonds is 5. The third kappa shape index (κ3) is 2.79. The van der Waals surface area contributed by atoms with E-state index in [0.29, 0.717) is 11.3 Å². The zero-order valence-corrected chi connectivity index (χ0v) is 13.0. The summed E-state index contributed by atoms with van der Waals surface area (Å²) in [5, 5.41) is 4.16. The topological polar surface area (TPSA) is 17.0 Å². The summed E-state index contributed by atoms with van der Waals surface area (Å²) < 4.78 is 2.41. The van der Waals surface area contributed by atoms with Crippen LogP contribution in [0.1, 0.15) is 31.1 Å². The van der Waals surface area contributed by atoms with Gasteiger partial charge >= 0.3 is 0 Å². The second kappa shape index (κ2) is 6.06. The highest BCUT2D eigenvalue weighted by Gasteiger charge is 2.23. The lowest BCUT2D eigenvalue weighted by Gasteiger charge is -2.18. The normalized spacial score (nSPS) is 19.0. The van der Waals surface area contributed by atoms with Gasteiger partial charge in [0.25, 0.3) is 0 Å². The predicted octanol–water partition coefficient (Wildman–Crippen LogP) is 3.88. The molecule has 1 aliphatic rings. The Morgan fingerprint density at radius 3 is 2.95 bits per heavy atom. The summed E-state index contributed by atoms with van der Waals surface area (Å²) >= 11 is 2.03. The molecule has 1 aliphatic heterocycles. The Bertz CT molecular complexity index is 551. The van der Waals surface area contributed by atoms with Crippen molar-refractivity contribution in [2.75, 3.05) is 6.54 Å². The Labute approximate surface area is 125 Å². The van der Waals surface area contributed by atoms with Crippen molar-refractivity contribution < 1.29 is 0 Å². The summed E-state index contributed by atoms with van der Waals surface area (Å²) in [6.07, 6.45) is 3.40. The van der Waals surface area contributed by atoms with Gasteiger partial charge in [0, 0.05) is 34.6 Å². The van der Waals surface area contributed by atoms with Gasteiger partial charge < -0.3 is 9.88 Å². The van der Waals surface area contributed by atoms with Gasteiger partial charge in [-0.25, -0.2) is 0 Å². The van der Waals surface area contributed by atoms with Gasteiger partial charge in [-0.1, -0.05) is 25.1 Å². The molecule has 106 valence electrons. The predicted molar refractivity (Wildman–Crippen MR) is 86.3 cm³/mol. The highest BCUT2D eigenvalue weighted by atomic mass is 32.2. The van der Waals surface area contributed by atoms with Gasteiger partial charge in [-0.2, -0.15) is 0 Å². The van der Waals surface area contributed by atoms with E-state index < -0.39 is 0 Å². The van der Waals surface area contributed by atoms with Crippen LogP contribution in [0, 0.1) is 0 Å². The molecule has 0 bridgehead atoms. The molecule has 0 fully saturated rings. The fraction of sp³-hybridized carbons (Fsp3) is 0.412. The Morgan fingerprint density at radius 2 is 2.15 bits per heavy atom. The third-order valence-electron chi connectivity index (χ3n) is 3.93. The van der Waals surface area contributed by atoms with Crippen LogP contribution in [-0.4, -0.2) is 16.4 Å². The molecule has 2 unspecified atom stereocenters. The summed E-state index contributed by atoms with van der Waals surface area (Å²) in [4.78, 5) is 1.46. The third-order valence-corrected chi connectivity index (χ3v) is 5.23. The lowest BCUT2D eigenvalue weighted by Crippen LogP contribution is -2.22. The van der Waals surface area contributed by atoms with Crippen LogP contribution in [-0.2, 0) is 13.0 Å². The Hall–Kier alpha value is -1.19. The van der Waals surface area contributed by atoms with Crippen LogP contribution in [0.15, 0.2) is 47.5 Å². The van der Waals surface area contributed by atoms with Crippen molar-refractivity contribution in [2.24, 2.45) is 0 Å². The summed E-state index contributed by atoms with van der Waals surface area (Å²) in [5.74, 6) is 0. The van der Waals surface area contributed by atoms with Crippen LogP contribution in [0.3, 0.4) is 0 Å². The van der Waals surface area contributed by atoms with Crippen molar-refractivity contribution in [1.82, 2.24) is 9.88 Å². The van der Waals surface area contributed by atoms with Crippen LogP contribution in [0.4, 0.5) is 0 Å². The maximum atomic E-state index is 3.50. The number of thioether (sulfide) groups is 1. The Kier molecular flexibility index (Phi) is 4.18. The highest BCUT2D eigenvalue weighted by molar-refractivity contribution is 8.00. The minimum Gasteiger partial charge on any atom is -0.349 e. The molecule has 3 rings (SSSR count). The van der Waals surface area contributed by atoms with E-state index in [1.807, 2.05) is 11.8 Å². The van der Waals surface area contributed by atoms with Gasteiger partial charge in [0.05, 0.1) is 0 Å². The average molecular weight is 286 g/mol. The summed E-state index contributed by atoms with van der Waals surface area (Å²) in [5.41, 5.74) is 2.90. The number of aromatic nitrogens is 1. The van der Waals surface area contributed by atoms with Gasteiger partial charge in [-0.3, -0.25) is 0 Å². The first-order chi connectivity index (χ1) is 9.78. The Balaban J connectivity index is 1.70. The zero-order chi connectivity index (χ0) is 13.9. The van der Waals surface area contributed by atoms with E-state index >= 15 is 0 Å². The van der Waals surface area contributed by atoms with Crippen molar-refractivity contribution in [2.45, 2.75) is 43.0 Å². The lowest BCUT2D eigenvalue weighted by atomic mass is 10.1. The van der Waals surface area contributed by atoms with Crippen molar-refractivity contribution >= 4 is 11.8 Å². The van der Waals surface area contributed by atoms with Crippen molar-refractivity contribution in [1.29, 1.82) is 0 Å². The quantitative estimate of drug-likeness (QED) is 0.898. The highest BCUT2D eigenvalue weighted by Crippen LogP contribution is 2.37. The zero-order valence-electron chi connectivity index (χ0n) is 12.2. The fourth-order valence-electron chi connectivity index (χ4n) is 2.97. The van der Waals surface area contributed by atoms with E-state index in [-0.39, 0.29) is 0 Å². The van der Waals surface area contributed by atoms with Gasteiger partial charge in [-0.15, -0.1) is 11.8 Å². The molecule has 1 N–H and O–H groups in total. The first kappa shape index (κ1) is 13.8. The van der Waals surface area contributed by atoms with E-state index in [1.165, 1.54) is 22.6 Å². The minimum absolute atomic E-state index is 0.420. The van der Waals surface area contributed by atoms with E-state index in [4.69, 9.17) is 0 Å². The van der Waals surface area contributed by atoms with Crippen LogP contribution < -0.4 is 5.32 Å². The molecule has 2 atom stereocenters. The molecule has 2 heterocycles. The Morgan fingerprint density at radius 1 is 1.30 bits per heavy atom. The van der Waals surface area contributed by atoms with Gasteiger partial charge in [0.2, 0.25) is 0 Å². The molecule has 0 radical (unpaired) electrons. The second-order valence-electron chi connectivity index (χ2n) is 5.42. The monoisotopic (exact) mass is 286 g/mol. The smallest absolute Gasteiger partial charge is 0.0446 e. The maximum absolute atomic E-state index is 3.50. The molecule has 1 aromatic heterocycles. The van der Waals surface area contributed by atoms with E-state index in [0.717, 1.165) is 13.1 Å². The van der Waals surface area contributed by atoms with Crippen LogP contribution in [0.2, 0.25) is 0 Å². The molecule has 0 saturated carbocycles. The van der Waals surface area contributed by atoms with Crippen LogP contribution in [0.5, 0.6) is 0 Å². The van der Waals surface area contributed by atoms with Crippen LogP contribution in [0.25, 0.3) is 0 Å². The van der Waals surface area contributed by atoms with Gasteiger partial charge in [0.15, 0.2) is 0 Å². The number of fused-ring (bicyclic) bond motifs is 1. The summed E-state index contributed by atoms with van der Waals surface area (Å²) in [6.45, 7) is 6.51. The van der Waals surface area contributed by atoms with Crippen LogP contribution >= 0.6 is 11.8 Å². The maximum Gasteiger partial charge on any atom is 0.0446 e. The minimum atomic E-state index is 0.420. The van der Waals surface area contributed by atoms with E-state index in [1.54, 1.807) is 0 Å².